The Morgan fingerprint density at radius 3 is 2.43 bits per heavy atom. The summed E-state index contributed by atoms with van der Waals surface area (Å²) in [5, 5.41) is 0. The van der Waals surface area contributed by atoms with Crippen LogP contribution in [-0.4, -0.2) is 0 Å². The van der Waals surface area contributed by atoms with Crippen molar-refractivity contribution in [1.29, 1.82) is 0 Å². The highest BCUT2D eigenvalue weighted by molar-refractivity contribution is 5.22. The summed E-state index contributed by atoms with van der Waals surface area (Å²) in [7, 11) is 0. The molecule has 2 fully saturated rings. The van der Waals surface area contributed by atoms with Gasteiger partial charge in [-0.3, -0.25) is 0 Å². The zero-order chi connectivity index (χ0) is 9.38. The number of rotatable bonds is 1. The average molecular weight is 186 g/mol. The van der Waals surface area contributed by atoms with E-state index in [4.69, 9.17) is 0 Å². The standard InChI is InChI=1S/C14H18/c1-2-5-11(6-3-1)13-8-4-7-12-9-10-14(12)13/h1-3,5-6,12-14H,4,7-10H2/t12-,13-,14+/m0/s1. The molecule has 0 N–H and O–H groups in total. The molecule has 0 heterocycles. The van der Waals surface area contributed by atoms with Gasteiger partial charge in [-0.25, -0.2) is 0 Å². The number of hydrogen-bond acceptors (Lipinski definition) is 0. The first-order valence-electron chi connectivity index (χ1n) is 6.00. The highest BCUT2D eigenvalue weighted by Gasteiger charge is 2.39. The predicted molar refractivity (Wildman–Crippen MR) is 59.2 cm³/mol. The van der Waals surface area contributed by atoms with Crippen LogP contribution in [0.2, 0.25) is 0 Å². The van der Waals surface area contributed by atoms with Gasteiger partial charge in [0.15, 0.2) is 0 Å². The lowest BCUT2D eigenvalue weighted by Gasteiger charge is -2.46. The molecule has 0 aromatic heterocycles. The molecule has 0 heteroatoms. The van der Waals surface area contributed by atoms with Gasteiger partial charge in [-0.1, -0.05) is 43.2 Å². The molecule has 0 bridgehead atoms. The Hall–Kier alpha value is -0.780. The van der Waals surface area contributed by atoms with Gasteiger partial charge < -0.3 is 0 Å². The molecule has 2 aliphatic carbocycles. The molecule has 2 saturated carbocycles. The molecule has 0 radical (unpaired) electrons. The van der Waals surface area contributed by atoms with E-state index in [1.54, 1.807) is 5.56 Å². The maximum atomic E-state index is 2.32. The van der Waals surface area contributed by atoms with E-state index in [0.29, 0.717) is 0 Å². The van der Waals surface area contributed by atoms with Crippen LogP contribution in [0.4, 0.5) is 0 Å². The van der Waals surface area contributed by atoms with Crippen LogP contribution in [0.1, 0.15) is 43.6 Å². The third-order valence-corrected chi connectivity index (χ3v) is 4.31. The van der Waals surface area contributed by atoms with Gasteiger partial charge in [-0.15, -0.1) is 0 Å². The summed E-state index contributed by atoms with van der Waals surface area (Å²) in [4.78, 5) is 0. The van der Waals surface area contributed by atoms with E-state index in [0.717, 1.165) is 17.8 Å². The van der Waals surface area contributed by atoms with E-state index in [2.05, 4.69) is 30.3 Å². The predicted octanol–water partition coefficient (Wildman–Crippen LogP) is 3.98. The van der Waals surface area contributed by atoms with Crippen LogP contribution < -0.4 is 0 Å². The van der Waals surface area contributed by atoms with Crippen molar-refractivity contribution >= 4 is 0 Å². The Bertz CT molecular complexity index is 301. The molecule has 0 spiro atoms. The van der Waals surface area contributed by atoms with Gasteiger partial charge in [-0.05, 0) is 42.6 Å². The Morgan fingerprint density at radius 2 is 1.71 bits per heavy atom. The second-order valence-electron chi connectivity index (χ2n) is 4.95. The minimum absolute atomic E-state index is 0.892. The van der Waals surface area contributed by atoms with Crippen molar-refractivity contribution in [2.45, 2.75) is 38.0 Å². The van der Waals surface area contributed by atoms with Crippen molar-refractivity contribution in [2.75, 3.05) is 0 Å². The molecule has 14 heavy (non-hydrogen) atoms. The van der Waals surface area contributed by atoms with E-state index in [1.807, 2.05) is 0 Å². The SMILES string of the molecule is c1ccc([C@@H]2CCC[C@H]3CC[C@H]32)cc1. The molecule has 0 unspecified atom stereocenters. The summed E-state index contributed by atoms with van der Waals surface area (Å²) in [6.07, 6.45) is 7.40. The van der Waals surface area contributed by atoms with Crippen molar-refractivity contribution in [3.8, 4) is 0 Å². The van der Waals surface area contributed by atoms with Gasteiger partial charge >= 0.3 is 0 Å². The van der Waals surface area contributed by atoms with Gasteiger partial charge in [-0.2, -0.15) is 0 Å². The monoisotopic (exact) mass is 186 g/mol. The highest BCUT2D eigenvalue weighted by atomic mass is 14.4. The van der Waals surface area contributed by atoms with Crippen LogP contribution in [0, 0.1) is 11.8 Å². The molecular weight excluding hydrogens is 168 g/mol. The maximum absolute atomic E-state index is 2.32. The molecule has 0 amide bonds. The van der Waals surface area contributed by atoms with E-state index in [1.165, 1.54) is 32.1 Å². The van der Waals surface area contributed by atoms with Crippen LogP contribution in [-0.2, 0) is 0 Å². The summed E-state index contributed by atoms with van der Waals surface area (Å²) in [6, 6.07) is 11.2. The number of hydrogen-bond donors (Lipinski definition) is 0. The Labute approximate surface area is 86.3 Å². The fraction of sp³-hybridized carbons (Fsp3) is 0.571. The van der Waals surface area contributed by atoms with Crippen LogP contribution in [0.25, 0.3) is 0 Å². The minimum atomic E-state index is 0.892. The topological polar surface area (TPSA) is 0 Å². The zero-order valence-corrected chi connectivity index (χ0v) is 8.65. The summed E-state index contributed by atoms with van der Waals surface area (Å²) in [6.45, 7) is 0. The van der Waals surface area contributed by atoms with Crippen molar-refractivity contribution in [2.24, 2.45) is 11.8 Å². The van der Waals surface area contributed by atoms with E-state index in [-0.39, 0.29) is 0 Å². The molecule has 1 aromatic carbocycles. The zero-order valence-electron chi connectivity index (χ0n) is 8.65. The summed E-state index contributed by atoms with van der Waals surface area (Å²) in [5.41, 5.74) is 1.60. The van der Waals surface area contributed by atoms with Crippen molar-refractivity contribution < 1.29 is 0 Å². The third kappa shape index (κ3) is 1.28. The summed E-state index contributed by atoms with van der Waals surface area (Å²) < 4.78 is 0. The Balaban J connectivity index is 1.84. The van der Waals surface area contributed by atoms with Crippen molar-refractivity contribution in [3.05, 3.63) is 35.9 Å². The number of benzene rings is 1. The third-order valence-electron chi connectivity index (χ3n) is 4.31. The number of fused-ring (bicyclic) bond motifs is 1. The molecule has 74 valence electrons. The van der Waals surface area contributed by atoms with Gasteiger partial charge in [0.1, 0.15) is 0 Å². The fourth-order valence-corrected chi connectivity index (χ4v) is 3.41. The van der Waals surface area contributed by atoms with Crippen LogP contribution in [0.5, 0.6) is 0 Å². The smallest absolute Gasteiger partial charge is 0.0131 e. The minimum Gasteiger partial charge on any atom is -0.0622 e. The quantitative estimate of drug-likeness (QED) is 0.622. The molecular formula is C14H18. The van der Waals surface area contributed by atoms with Crippen LogP contribution in [0.15, 0.2) is 30.3 Å². The van der Waals surface area contributed by atoms with Crippen molar-refractivity contribution in [1.82, 2.24) is 0 Å². The lowest BCUT2D eigenvalue weighted by atomic mass is 9.59. The fourth-order valence-electron chi connectivity index (χ4n) is 3.41. The van der Waals surface area contributed by atoms with E-state index < -0.39 is 0 Å². The first-order chi connectivity index (χ1) is 6.95. The van der Waals surface area contributed by atoms with Gasteiger partial charge in [0.05, 0.1) is 0 Å². The lowest BCUT2D eigenvalue weighted by molar-refractivity contribution is 0.0901. The average Bonchev–Trinajstić information content (AvgIpc) is 2.21. The second kappa shape index (κ2) is 3.42. The van der Waals surface area contributed by atoms with Crippen molar-refractivity contribution in [3.63, 3.8) is 0 Å². The molecule has 0 nitrogen and oxygen atoms in total. The van der Waals surface area contributed by atoms with E-state index >= 15 is 0 Å². The normalized spacial score (nSPS) is 35.9. The molecule has 3 atom stereocenters. The Kier molecular flexibility index (Phi) is 2.08. The summed E-state index contributed by atoms with van der Waals surface area (Å²) in [5.74, 6) is 3.00. The maximum Gasteiger partial charge on any atom is -0.0131 e. The highest BCUT2D eigenvalue weighted by Crippen LogP contribution is 2.51. The van der Waals surface area contributed by atoms with Gasteiger partial charge in [0.2, 0.25) is 0 Å². The Morgan fingerprint density at radius 1 is 0.857 bits per heavy atom. The van der Waals surface area contributed by atoms with Gasteiger partial charge in [0, 0.05) is 0 Å². The molecule has 2 aliphatic rings. The molecule has 1 aromatic rings. The van der Waals surface area contributed by atoms with E-state index in [9.17, 15) is 0 Å². The molecule has 0 aliphatic heterocycles. The van der Waals surface area contributed by atoms with Gasteiger partial charge in [0.25, 0.3) is 0 Å². The second-order valence-corrected chi connectivity index (χ2v) is 4.95. The van der Waals surface area contributed by atoms with Crippen LogP contribution >= 0.6 is 0 Å². The molecule has 3 rings (SSSR count). The first kappa shape index (κ1) is 8.52. The first-order valence-corrected chi connectivity index (χ1v) is 6.00. The summed E-state index contributed by atoms with van der Waals surface area (Å²) >= 11 is 0. The largest absolute Gasteiger partial charge is 0.0622 e. The molecule has 0 saturated heterocycles. The van der Waals surface area contributed by atoms with Crippen LogP contribution in [0.3, 0.4) is 0 Å². The lowest BCUT2D eigenvalue weighted by Crippen LogP contribution is -2.34.